The Morgan fingerprint density at radius 3 is 2.58 bits per heavy atom. The van der Waals surface area contributed by atoms with E-state index in [1.165, 1.54) is 7.11 Å². The lowest BCUT2D eigenvalue weighted by atomic mass is 9.96. The van der Waals surface area contributed by atoms with Crippen molar-refractivity contribution in [2.24, 2.45) is 17.6 Å². The molecule has 0 aliphatic carbocycles. The van der Waals surface area contributed by atoms with E-state index in [9.17, 15) is 4.79 Å². The van der Waals surface area contributed by atoms with Crippen molar-refractivity contribution < 1.29 is 9.53 Å². The highest BCUT2D eigenvalue weighted by atomic mass is 16.5. The van der Waals surface area contributed by atoms with Gasteiger partial charge in [-0.1, -0.05) is 13.8 Å². The van der Waals surface area contributed by atoms with Crippen LogP contribution >= 0.6 is 0 Å². The molecule has 0 radical (unpaired) electrons. The summed E-state index contributed by atoms with van der Waals surface area (Å²) in [5.41, 5.74) is 8.39. The molecule has 0 saturated heterocycles. The molecule has 19 heavy (non-hydrogen) atoms. The van der Waals surface area contributed by atoms with E-state index >= 15 is 0 Å². The van der Waals surface area contributed by atoms with Crippen LogP contribution in [0.3, 0.4) is 0 Å². The first-order valence-corrected chi connectivity index (χ1v) is 6.62. The topological polar surface area (TPSA) is 64.3 Å². The maximum Gasteiger partial charge on any atom is 0.337 e. The van der Waals surface area contributed by atoms with E-state index in [1.807, 2.05) is 19.1 Å². The number of rotatable bonds is 6. The normalized spacial score (nSPS) is 12.3. The molecule has 0 aliphatic rings. The second-order valence-corrected chi connectivity index (χ2v) is 5.14. The molecule has 4 nitrogen and oxygen atoms in total. The highest BCUT2D eigenvalue weighted by molar-refractivity contribution is 5.90. The molecule has 0 aromatic heterocycles. The van der Waals surface area contributed by atoms with Crippen LogP contribution in [-0.2, 0) is 4.74 Å². The van der Waals surface area contributed by atoms with Crippen molar-refractivity contribution in [3.05, 3.63) is 29.3 Å². The van der Waals surface area contributed by atoms with Crippen molar-refractivity contribution in [2.75, 3.05) is 25.5 Å². The molecule has 1 aromatic carbocycles. The van der Waals surface area contributed by atoms with Gasteiger partial charge in [-0.3, -0.25) is 0 Å². The highest BCUT2D eigenvalue weighted by Crippen LogP contribution is 2.18. The van der Waals surface area contributed by atoms with E-state index in [4.69, 9.17) is 10.5 Å². The Kier molecular flexibility index (Phi) is 5.83. The monoisotopic (exact) mass is 264 g/mol. The first-order chi connectivity index (χ1) is 8.99. The Bertz CT molecular complexity index is 430. The lowest BCUT2D eigenvalue weighted by molar-refractivity contribution is 0.0600. The summed E-state index contributed by atoms with van der Waals surface area (Å²) >= 11 is 0. The minimum absolute atomic E-state index is 0.309. The number of hydrogen-bond acceptors (Lipinski definition) is 4. The Morgan fingerprint density at radius 2 is 2.11 bits per heavy atom. The second-order valence-electron chi connectivity index (χ2n) is 5.14. The number of benzene rings is 1. The number of aryl methyl sites for hydroxylation is 1. The van der Waals surface area contributed by atoms with E-state index in [1.54, 1.807) is 6.07 Å². The van der Waals surface area contributed by atoms with Crippen molar-refractivity contribution in [1.29, 1.82) is 0 Å². The first kappa shape index (κ1) is 15.5. The molecule has 0 bridgehead atoms. The zero-order valence-electron chi connectivity index (χ0n) is 12.2. The van der Waals surface area contributed by atoms with Crippen LogP contribution in [0.25, 0.3) is 0 Å². The van der Waals surface area contributed by atoms with Crippen LogP contribution in [0.2, 0.25) is 0 Å². The van der Waals surface area contributed by atoms with Crippen molar-refractivity contribution in [1.82, 2.24) is 0 Å². The largest absolute Gasteiger partial charge is 0.465 e. The first-order valence-electron chi connectivity index (χ1n) is 6.62. The molecule has 0 aliphatic heterocycles. The predicted octanol–water partition coefficient (Wildman–Crippen LogP) is 2.42. The molecule has 1 unspecified atom stereocenters. The zero-order valence-corrected chi connectivity index (χ0v) is 12.2. The third-order valence-electron chi connectivity index (χ3n) is 3.45. The molecule has 1 aromatic rings. The molecule has 0 saturated carbocycles. The summed E-state index contributed by atoms with van der Waals surface area (Å²) in [5.74, 6) is 0.684. The minimum Gasteiger partial charge on any atom is -0.465 e. The summed E-state index contributed by atoms with van der Waals surface area (Å²) in [6.07, 6.45) is 0. The number of anilines is 1. The molecular weight excluding hydrogens is 240 g/mol. The number of methoxy groups -OCH3 is 1. The van der Waals surface area contributed by atoms with Gasteiger partial charge in [0.25, 0.3) is 0 Å². The van der Waals surface area contributed by atoms with Gasteiger partial charge in [0.05, 0.1) is 12.7 Å². The van der Waals surface area contributed by atoms with Crippen LogP contribution in [0, 0.1) is 18.8 Å². The Balaban J connectivity index is 2.72. The fourth-order valence-electron chi connectivity index (χ4n) is 1.94. The number of ether oxygens (including phenoxy) is 1. The average molecular weight is 264 g/mol. The lowest BCUT2D eigenvalue weighted by Crippen LogP contribution is -2.27. The van der Waals surface area contributed by atoms with E-state index < -0.39 is 0 Å². The van der Waals surface area contributed by atoms with Crippen molar-refractivity contribution >= 4 is 11.7 Å². The van der Waals surface area contributed by atoms with Crippen LogP contribution in [0.1, 0.15) is 29.8 Å². The summed E-state index contributed by atoms with van der Waals surface area (Å²) in [6, 6.07) is 5.52. The van der Waals surface area contributed by atoms with Crippen LogP contribution < -0.4 is 11.1 Å². The van der Waals surface area contributed by atoms with Gasteiger partial charge in [0.1, 0.15) is 0 Å². The third-order valence-corrected chi connectivity index (χ3v) is 3.45. The maximum absolute atomic E-state index is 11.4. The Labute approximate surface area is 115 Å². The summed E-state index contributed by atoms with van der Waals surface area (Å²) in [7, 11) is 1.39. The van der Waals surface area contributed by atoms with Crippen molar-refractivity contribution in [2.45, 2.75) is 20.8 Å². The number of hydrogen-bond donors (Lipinski definition) is 2. The zero-order chi connectivity index (χ0) is 14.4. The SMILES string of the molecule is COC(=O)c1ccc(NCC(CN)C(C)C)c(C)c1. The number of nitrogens with two attached hydrogens (primary N) is 1. The molecule has 3 N–H and O–H groups in total. The number of carbonyl (C=O) groups excluding carboxylic acids is 1. The van der Waals surface area contributed by atoms with Crippen LogP contribution in [0.15, 0.2) is 18.2 Å². The van der Waals surface area contributed by atoms with Crippen LogP contribution in [0.5, 0.6) is 0 Å². The number of nitrogens with one attached hydrogen (secondary N) is 1. The smallest absolute Gasteiger partial charge is 0.337 e. The molecule has 106 valence electrons. The predicted molar refractivity (Wildman–Crippen MR) is 78.4 cm³/mol. The van der Waals surface area contributed by atoms with Gasteiger partial charge in [0.15, 0.2) is 0 Å². The maximum atomic E-state index is 11.4. The van der Waals surface area contributed by atoms with Gasteiger partial charge in [-0.05, 0) is 49.1 Å². The fraction of sp³-hybridized carbons (Fsp3) is 0.533. The number of esters is 1. The van der Waals surface area contributed by atoms with E-state index in [0.717, 1.165) is 17.8 Å². The van der Waals surface area contributed by atoms with Gasteiger partial charge >= 0.3 is 5.97 Å². The van der Waals surface area contributed by atoms with Gasteiger partial charge in [0, 0.05) is 12.2 Å². The van der Waals surface area contributed by atoms with Gasteiger partial charge in [-0.15, -0.1) is 0 Å². The lowest BCUT2D eigenvalue weighted by Gasteiger charge is -2.20. The standard InChI is InChI=1S/C15H24N2O2/c1-10(2)13(8-16)9-17-14-6-5-12(7-11(14)3)15(18)19-4/h5-7,10,13,17H,8-9,16H2,1-4H3. The quantitative estimate of drug-likeness (QED) is 0.775. The summed E-state index contributed by atoms with van der Waals surface area (Å²) in [4.78, 5) is 11.4. The van der Waals surface area contributed by atoms with Crippen molar-refractivity contribution in [3.63, 3.8) is 0 Å². The van der Waals surface area contributed by atoms with Gasteiger partial charge in [0.2, 0.25) is 0 Å². The molecular formula is C15H24N2O2. The Hall–Kier alpha value is -1.55. The second kappa shape index (κ2) is 7.14. The highest BCUT2D eigenvalue weighted by Gasteiger charge is 2.12. The minimum atomic E-state index is -0.309. The average Bonchev–Trinajstić information content (AvgIpc) is 2.39. The summed E-state index contributed by atoms with van der Waals surface area (Å²) < 4.78 is 4.70. The van der Waals surface area contributed by atoms with Crippen LogP contribution in [0.4, 0.5) is 5.69 Å². The molecule has 0 fully saturated rings. The van der Waals surface area contributed by atoms with E-state index in [0.29, 0.717) is 23.9 Å². The molecule has 0 amide bonds. The fourth-order valence-corrected chi connectivity index (χ4v) is 1.94. The third kappa shape index (κ3) is 4.24. The molecule has 1 rings (SSSR count). The summed E-state index contributed by atoms with van der Waals surface area (Å²) in [6.45, 7) is 7.83. The van der Waals surface area contributed by atoms with Gasteiger partial charge in [-0.2, -0.15) is 0 Å². The van der Waals surface area contributed by atoms with E-state index in [-0.39, 0.29) is 5.97 Å². The number of carbonyl (C=O) groups is 1. The molecule has 1 atom stereocenters. The molecule has 0 spiro atoms. The molecule has 4 heteroatoms. The van der Waals surface area contributed by atoms with Gasteiger partial charge in [-0.25, -0.2) is 4.79 Å². The summed E-state index contributed by atoms with van der Waals surface area (Å²) in [5, 5.41) is 3.40. The van der Waals surface area contributed by atoms with Gasteiger partial charge < -0.3 is 15.8 Å². The molecule has 0 heterocycles. The van der Waals surface area contributed by atoms with E-state index in [2.05, 4.69) is 19.2 Å². The van der Waals surface area contributed by atoms with Crippen LogP contribution in [-0.4, -0.2) is 26.2 Å². The Morgan fingerprint density at radius 1 is 1.42 bits per heavy atom. The van der Waals surface area contributed by atoms with Crippen molar-refractivity contribution in [3.8, 4) is 0 Å².